The summed E-state index contributed by atoms with van der Waals surface area (Å²) in [5.74, 6) is -0.694. The van der Waals surface area contributed by atoms with Gasteiger partial charge in [0, 0.05) is 18.8 Å². The van der Waals surface area contributed by atoms with Crippen molar-refractivity contribution in [1.82, 2.24) is 5.32 Å². The number of hydrogen-bond donors (Lipinski definition) is 2. The van der Waals surface area contributed by atoms with E-state index in [0.29, 0.717) is 31.2 Å². The lowest BCUT2D eigenvalue weighted by Crippen LogP contribution is -2.39. The van der Waals surface area contributed by atoms with Gasteiger partial charge in [-0.2, -0.15) is 0 Å². The van der Waals surface area contributed by atoms with Crippen molar-refractivity contribution in [2.45, 2.75) is 18.9 Å². The van der Waals surface area contributed by atoms with E-state index in [1.165, 1.54) is 0 Å². The molecule has 1 aliphatic heterocycles. The quantitative estimate of drug-likeness (QED) is 0.616. The molecule has 0 saturated carbocycles. The summed E-state index contributed by atoms with van der Waals surface area (Å²) >= 11 is 0. The Morgan fingerprint density at radius 3 is 2.73 bits per heavy atom. The van der Waals surface area contributed by atoms with Gasteiger partial charge in [0.1, 0.15) is 12.4 Å². The molecule has 1 fully saturated rings. The number of nitrogens with one attached hydrogen (secondary N) is 2. The van der Waals surface area contributed by atoms with Gasteiger partial charge in [0.2, 0.25) is 0 Å². The Hall–Kier alpha value is -2.34. The van der Waals surface area contributed by atoms with Crippen molar-refractivity contribution < 1.29 is 19.1 Å². The molecule has 1 atom stereocenters. The molecule has 0 aliphatic carbocycles. The molecule has 0 unspecified atom stereocenters. The standard InChI is InChI=1S/C16H20N2O4/c1-2-9-21-13-7-5-12(6-8-13)18-16(20)15(19)17-11-14-4-3-10-22-14/h2,5-8,14H,1,3-4,9-11H2,(H,17,19)(H,18,20)/t14-/m1/s1. The number of benzene rings is 1. The molecule has 2 amide bonds. The number of hydrogen-bond acceptors (Lipinski definition) is 4. The van der Waals surface area contributed by atoms with Crippen LogP contribution in [0.3, 0.4) is 0 Å². The molecule has 0 aromatic heterocycles. The van der Waals surface area contributed by atoms with Crippen LogP contribution in [0.25, 0.3) is 0 Å². The summed E-state index contributed by atoms with van der Waals surface area (Å²) in [6.07, 6.45) is 3.56. The van der Waals surface area contributed by atoms with Crippen molar-refractivity contribution in [3.05, 3.63) is 36.9 Å². The van der Waals surface area contributed by atoms with Gasteiger partial charge < -0.3 is 20.1 Å². The average molecular weight is 304 g/mol. The summed E-state index contributed by atoms with van der Waals surface area (Å²) in [4.78, 5) is 23.5. The van der Waals surface area contributed by atoms with Crippen LogP contribution in [-0.4, -0.2) is 37.7 Å². The number of carbonyl (C=O) groups excluding carboxylic acids is 2. The van der Waals surface area contributed by atoms with Crippen LogP contribution in [0.15, 0.2) is 36.9 Å². The van der Waals surface area contributed by atoms with E-state index in [9.17, 15) is 9.59 Å². The molecular weight excluding hydrogens is 284 g/mol. The minimum absolute atomic E-state index is 0.0121. The second-order valence-corrected chi connectivity index (χ2v) is 4.92. The molecule has 6 heteroatoms. The molecule has 1 saturated heterocycles. The fourth-order valence-electron chi connectivity index (χ4n) is 2.07. The van der Waals surface area contributed by atoms with Crippen LogP contribution in [0.5, 0.6) is 5.75 Å². The third-order valence-electron chi connectivity index (χ3n) is 3.20. The minimum atomic E-state index is -0.697. The molecular formula is C16H20N2O4. The largest absolute Gasteiger partial charge is 0.490 e. The highest BCUT2D eigenvalue weighted by atomic mass is 16.5. The Labute approximate surface area is 129 Å². The fourth-order valence-corrected chi connectivity index (χ4v) is 2.07. The van der Waals surface area contributed by atoms with E-state index in [-0.39, 0.29) is 6.10 Å². The van der Waals surface area contributed by atoms with Crippen molar-refractivity contribution in [1.29, 1.82) is 0 Å². The van der Waals surface area contributed by atoms with Crippen LogP contribution in [0, 0.1) is 0 Å². The lowest BCUT2D eigenvalue weighted by atomic mass is 10.2. The molecule has 1 aromatic carbocycles. The Balaban J connectivity index is 1.77. The molecule has 0 spiro atoms. The molecule has 1 aromatic rings. The van der Waals surface area contributed by atoms with Gasteiger partial charge in [0.05, 0.1) is 6.10 Å². The maximum atomic E-state index is 11.8. The van der Waals surface area contributed by atoms with Crippen molar-refractivity contribution in [2.24, 2.45) is 0 Å². The van der Waals surface area contributed by atoms with Crippen molar-refractivity contribution in [3.63, 3.8) is 0 Å². The second kappa shape index (κ2) is 8.19. The maximum absolute atomic E-state index is 11.8. The number of rotatable bonds is 6. The van der Waals surface area contributed by atoms with Crippen LogP contribution in [-0.2, 0) is 14.3 Å². The van der Waals surface area contributed by atoms with Gasteiger partial charge in [-0.3, -0.25) is 9.59 Å². The summed E-state index contributed by atoms with van der Waals surface area (Å²) < 4.78 is 10.7. The number of anilines is 1. The minimum Gasteiger partial charge on any atom is -0.490 e. The van der Waals surface area contributed by atoms with Crippen LogP contribution in [0.1, 0.15) is 12.8 Å². The molecule has 2 N–H and O–H groups in total. The van der Waals surface area contributed by atoms with Gasteiger partial charge in [-0.15, -0.1) is 0 Å². The van der Waals surface area contributed by atoms with E-state index in [1.54, 1.807) is 30.3 Å². The SMILES string of the molecule is C=CCOc1ccc(NC(=O)C(=O)NC[C@H]2CCCO2)cc1. The van der Waals surface area contributed by atoms with Crippen molar-refractivity contribution in [3.8, 4) is 5.75 Å². The third kappa shape index (κ3) is 4.89. The molecule has 2 rings (SSSR count). The summed E-state index contributed by atoms with van der Waals surface area (Å²) in [7, 11) is 0. The molecule has 1 heterocycles. The van der Waals surface area contributed by atoms with E-state index in [1.807, 2.05) is 0 Å². The second-order valence-electron chi connectivity index (χ2n) is 4.92. The first-order valence-electron chi connectivity index (χ1n) is 7.23. The summed E-state index contributed by atoms with van der Waals surface area (Å²) in [5.41, 5.74) is 0.531. The van der Waals surface area contributed by atoms with Gasteiger partial charge in [-0.1, -0.05) is 12.7 Å². The monoisotopic (exact) mass is 304 g/mol. The van der Waals surface area contributed by atoms with Crippen LogP contribution >= 0.6 is 0 Å². The molecule has 6 nitrogen and oxygen atoms in total. The fraction of sp³-hybridized carbons (Fsp3) is 0.375. The van der Waals surface area contributed by atoms with E-state index in [0.717, 1.165) is 12.8 Å². The van der Waals surface area contributed by atoms with Crippen LogP contribution in [0.4, 0.5) is 5.69 Å². The molecule has 0 radical (unpaired) electrons. The Bertz CT molecular complexity index is 521. The zero-order valence-electron chi connectivity index (χ0n) is 12.3. The Morgan fingerprint density at radius 1 is 1.32 bits per heavy atom. The summed E-state index contributed by atoms with van der Waals surface area (Å²) in [6.45, 7) is 5.05. The molecule has 0 bridgehead atoms. The van der Waals surface area contributed by atoms with E-state index in [2.05, 4.69) is 17.2 Å². The van der Waals surface area contributed by atoms with Crippen molar-refractivity contribution in [2.75, 3.05) is 25.1 Å². The number of carbonyl (C=O) groups is 2. The molecule has 118 valence electrons. The first-order valence-corrected chi connectivity index (χ1v) is 7.23. The first kappa shape index (κ1) is 16.0. The van der Waals surface area contributed by atoms with Gasteiger partial charge in [0.15, 0.2) is 0 Å². The van der Waals surface area contributed by atoms with Gasteiger partial charge in [0.25, 0.3) is 0 Å². The zero-order valence-corrected chi connectivity index (χ0v) is 12.3. The average Bonchev–Trinajstić information content (AvgIpc) is 3.05. The highest BCUT2D eigenvalue weighted by Crippen LogP contribution is 2.15. The molecule has 1 aliphatic rings. The normalized spacial score (nSPS) is 16.8. The zero-order chi connectivity index (χ0) is 15.8. The number of ether oxygens (including phenoxy) is 2. The highest BCUT2D eigenvalue weighted by Gasteiger charge is 2.19. The summed E-state index contributed by atoms with van der Waals surface area (Å²) in [6, 6.07) is 6.76. The Morgan fingerprint density at radius 2 is 2.09 bits per heavy atom. The Kier molecular flexibility index (Phi) is 5.97. The topological polar surface area (TPSA) is 76.7 Å². The highest BCUT2D eigenvalue weighted by molar-refractivity contribution is 6.39. The first-order chi connectivity index (χ1) is 10.7. The van der Waals surface area contributed by atoms with Gasteiger partial charge in [-0.05, 0) is 37.1 Å². The molecule has 22 heavy (non-hydrogen) atoms. The van der Waals surface area contributed by atoms with E-state index in [4.69, 9.17) is 9.47 Å². The number of amides is 2. The lowest BCUT2D eigenvalue weighted by Gasteiger charge is -2.11. The summed E-state index contributed by atoms with van der Waals surface area (Å²) in [5, 5.41) is 5.11. The van der Waals surface area contributed by atoms with Gasteiger partial charge >= 0.3 is 11.8 Å². The predicted molar refractivity (Wildman–Crippen MR) is 82.7 cm³/mol. The van der Waals surface area contributed by atoms with E-state index < -0.39 is 11.8 Å². The smallest absolute Gasteiger partial charge is 0.313 e. The van der Waals surface area contributed by atoms with Crippen LogP contribution in [0.2, 0.25) is 0 Å². The lowest BCUT2D eigenvalue weighted by molar-refractivity contribution is -0.136. The predicted octanol–water partition coefficient (Wildman–Crippen LogP) is 1.49. The van der Waals surface area contributed by atoms with Crippen LogP contribution < -0.4 is 15.4 Å². The van der Waals surface area contributed by atoms with E-state index >= 15 is 0 Å². The maximum Gasteiger partial charge on any atom is 0.313 e. The van der Waals surface area contributed by atoms with Gasteiger partial charge in [-0.25, -0.2) is 0 Å². The third-order valence-corrected chi connectivity index (χ3v) is 3.20. The van der Waals surface area contributed by atoms with Crippen molar-refractivity contribution >= 4 is 17.5 Å².